The third kappa shape index (κ3) is 5.36. The van der Waals surface area contributed by atoms with Crippen LogP contribution < -0.4 is 10.6 Å². The average Bonchev–Trinajstić information content (AvgIpc) is 2.40. The van der Waals surface area contributed by atoms with Gasteiger partial charge in [0.15, 0.2) is 6.61 Å². The van der Waals surface area contributed by atoms with Crippen molar-refractivity contribution in [1.29, 1.82) is 0 Å². The van der Waals surface area contributed by atoms with Crippen LogP contribution >= 0.6 is 34.8 Å². The number of carbonyl (C=O) groups excluding carboxylic acids is 3. The van der Waals surface area contributed by atoms with E-state index in [2.05, 4.69) is 5.32 Å². The lowest BCUT2D eigenvalue weighted by Crippen LogP contribution is -2.44. The van der Waals surface area contributed by atoms with Gasteiger partial charge in [-0.3, -0.25) is 10.1 Å². The van der Waals surface area contributed by atoms with E-state index in [0.717, 1.165) is 0 Å². The van der Waals surface area contributed by atoms with Crippen molar-refractivity contribution in [3.63, 3.8) is 0 Å². The molecule has 0 atom stereocenters. The number of benzene rings is 1. The Morgan fingerprint density at radius 1 is 1.14 bits per heavy atom. The molecule has 1 rings (SSSR count). The quantitative estimate of drug-likeness (QED) is 0.633. The monoisotopic (exact) mass is 366 g/mol. The first-order valence-electron chi connectivity index (χ1n) is 6.13. The highest BCUT2D eigenvalue weighted by molar-refractivity contribution is 6.46. The van der Waals surface area contributed by atoms with Crippen LogP contribution in [-0.4, -0.2) is 30.6 Å². The van der Waals surface area contributed by atoms with E-state index in [1.807, 2.05) is 5.32 Å². The van der Waals surface area contributed by atoms with Crippen LogP contribution in [0.15, 0.2) is 12.1 Å². The van der Waals surface area contributed by atoms with Crippen LogP contribution in [0.2, 0.25) is 15.1 Å². The fourth-order valence-electron chi connectivity index (χ4n) is 1.38. The molecule has 0 radical (unpaired) electrons. The van der Waals surface area contributed by atoms with Crippen molar-refractivity contribution in [3.05, 3.63) is 32.8 Å². The maximum atomic E-state index is 11.9. The molecule has 120 valence electrons. The minimum atomic E-state index is -0.920. The van der Waals surface area contributed by atoms with Gasteiger partial charge in [-0.1, -0.05) is 34.8 Å². The van der Waals surface area contributed by atoms with E-state index in [-0.39, 0.29) is 26.7 Å². The van der Waals surface area contributed by atoms with Gasteiger partial charge in [0.05, 0.1) is 20.6 Å². The number of nitrogens with one attached hydrogen (secondary N) is 2. The van der Waals surface area contributed by atoms with Crippen LogP contribution in [0.4, 0.5) is 4.79 Å². The molecule has 0 aliphatic heterocycles. The molecule has 0 fully saturated rings. The third-order valence-corrected chi connectivity index (χ3v) is 3.37. The van der Waals surface area contributed by atoms with E-state index in [1.165, 1.54) is 12.1 Å². The van der Waals surface area contributed by atoms with Crippen LogP contribution in [-0.2, 0) is 9.53 Å². The fraction of sp³-hybridized carbons (Fsp3) is 0.308. The van der Waals surface area contributed by atoms with Crippen molar-refractivity contribution in [2.75, 3.05) is 6.61 Å². The van der Waals surface area contributed by atoms with Crippen LogP contribution in [0, 0.1) is 0 Å². The number of esters is 1. The van der Waals surface area contributed by atoms with Crippen molar-refractivity contribution >= 4 is 52.7 Å². The second-order valence-electron chi connectivity index (χ2n) is 4.47. The van der Waals surface area contributed by atoms with Gasteiger partial charge in [-0.25, -0.2) is 9.59 Å². The van der Waals surface area contributed by atoms with Crippen molar-refractivity contribution in [2.24, 2.45) is 0 Å². The summed E-state index contributed by atoms with van der Waals surface area (Å²) in [5, 5.41) is 4.54. The first-order valence-corrected chi connectivity index (χ1v) is 7.26. The molecular formula is C13H13Cl3N2O4. The number of hydrogen-bond donors (Lipinski definition) is 2. The Hall–Kier alpha value is -1.50. The number of rotatable bonds is 4. The zero-order valence-electron chi connectivity index (χ0n) is 11.7. The van der Waals surface area contributed by atoms with Gasteiger partial charge in [0.1, 0.15) is 0 Å². The van der Waals surface area contributed by atoms with Crippen molar-refractivity contribution in [2.45, 2.75) is 19.9 Å². The Bertz CT molecular complexity index is 605. The maximum absolute atomic E-state index is 11.9. The van der Waals surface area contributed by atoms with Crippen LogP contribution in [0.25, 0.3) is 0 Å². The van der Waals surface area contributed by atoms with Crippen molar-refractivity contribution in [3.8, 4) is 0 Å². The van der Waals surface area contributed by atoms with Crippen LogP contribution in [0.5, 0.6) is 0 Å². The maximum Gasteiger partial charge on any atom is 0.341 e. The van der Waals surface area contributed by atoms with E-state index in [4.69, 9.17) is 39.5 Å². The Balaban J connectivity index is 2.62. The minimum absolute atomic E-state index is 0.0392. The summed E-state index contributed by atoms with van der Waals surface area (Å²) in [7, 11) is 0. The zero-order chi connectivity index (χ0) is 16.9. The summed E-state index contributed by atoms with van der Waals surface area (Å²) in [6.07, 6.45) is 0. The summed E-state index contributed by atoms with van der Waals surface area (Å²) in [5.41, 5.74) is -0.143. The average molecular weight is 368 g/mol. The normalized spacial score (nSPS) is 10.3. The Morgan fingerprint density at radius 3 is 2.32 bits per heavy atom. The van der Waals surface area contributed by atoms with Gasteiger partial charge in [0.25, 0.3) is 5.91 Å². The molecule has 22 heavy (non-hydrogen) atoms. The van der Waals surface area contributed by atoms with Crippen LogP contribution in [0.1, 0.15) is 24.2 Å². The Kier molecular flexibility index (Phi) is 6.93. The van der Waals surface area contributed by atoms with Crippen molar-refractivity contribution < 1.29 is 19.1 Å². The topological polar surface area (TPSA) is 84.5 Å². The van der Waals surface area contributed by atoms with Gasteiger partial charge in [-0.15, -0.1) is 0 Å². The molecule has 3 amide bonds. The fourth-order valence-corrected chi connectivity index (χ4v) is 2.06. The Labute approximate surface area is 142 Å². The molecule has 0 unspecified atom stereocenters. The first kappa shape index (κ1) is 18.5. The highest BCUT2D eigenvalue weighted by Crippen LogP contribution is 2.31. The molecule has 0 aromatic heterocycles. The van der Waals surface area contributed by atoms with Gasteiger partial charge in [0, 0.05) is 6.04 Å². The second kappa shape index (κ2) is 8.22. The van der Waals surface area contributed by atoms with Gasteiger partial charge >= 0.3 is 12.0 Å². The zero-order valence-corrected chi connectivity index (χ0v) is 14.0. The SMILES string of the molecule is CC(C)NC(=O)NC(=O)COC(=O)c1c(Cl)ccc(Cl)c1Cl. The molecule has 9 heteroatoms. The van der Waals surface area contributed by atoms with E-state index in [0.29, 0.717) is 0 Å². The molecule has 0 heterocycles. The van der Waals surface area contributed by atoms with Crippen LogP contribution in [0.3, 0.4) is 0 Å². The highest BCUT2D eigenvalue weighted by atomic mass is 35.5. The molecule has 6 nitrogen and oxygen atoms in total. The lowest BCUT2D eigenvalue weighted by molar-refractivity contribution is -0.123. The molecule has 0 aliphatic rings. The molecule has 1 aromatic rings. The van der Waals surface area contributed by atoms with E-state index >= 15 is 0 Å². The lowest BCUT2D eigenvalue weighted by Gasteiger charge is -2.10. The molecule has 1 aromatic carbocycles. The molecule has 2 N–H and O–H groups in total. The van der Waals surface area contributed by atoms with Gasteiger partial charge in [-0.05, 0) is 26.0 Å². The van der Waals surface area contributed by atoms with Gasteiger partial charge in [0.2, 0.25) is 0 Å². The number of ether oxygens (including phenoxy) is 1. The summed E-state index contributed by atoms with van der Waals surface area (Å²) in [5.74, 6) is -1.71. The van der Waals surface area contributed by atoms with Gasteiger partial charge in [-0.2, -0.15) is 0 Å². The summed E-state index contributed by atoms with van der Waals surface area (Å²) in [4.78, 5) is 34.6. The summed E-state index contributed by atoms with van der Waals surface area (Å²) < 4.78 is 4.75. The first-order chi connectivity index (χ1) is 10.2. The minimum Gasteiger partial charge on any atom is -0.452 e. The second-order valence-corrected chi connectivity index (χ2v) is 5.66. The molecular weight excluding hydrogens is 355 g/mol. The van der Waals surface area contributed by atoms with Crippen molar-refractivity contribution in [1.82, 2.24) is 10.6 Å². The number of imide groups is 1. The number of urea groups is 1. The molecule has 0 saturated carbocycles. The molecule has 0 saturated heterocycles. The summed E-state index contributed by atoms with van der Waals surface area (Å²) in [6.45, 7) is 2.80. The van der Waals surface area contributed by atoms with Gasteiger partial charge < -0.3 is 10.1 Å². The largest absolute Gasteiger partial charge is 0.452 e. The third-order valence-electron chi connectivity index (χ3n) is 2.26. The number of hydrogen-bond acceptors (Lipinski definition) is 4. The smallest absolute Gasteiger partial charge is 0.341 e. The molecule has 0 spiro atoms. The predicted molar refractivity (Wildman–Crippen MR) is 83.6 cm³/mol. The molecule has 0 bridgehead atoms. The Morgan fingerprint density at radius 2 is 1.73 bits per heavy atom. The van der Waals surface area contributed by atoms with E-state index in [1.54, 1.807) is 13.8 Å². The summed E-state index contributed by atoms with van der Waals surface area (Å²) >= 11 is 17.5. The lowest BCUT2D eigenvalue weighted by atomic mass is 10.2. The predicted octanol–water partition coefficient (Wildman–Crippen LogP) is 3.04. The number of halogens is 3. The van der Waals surface area contributed by atoms with E-state index in [9.17, 15) is 14.4 Å². The number of carbonyl (C=O) groups is 3. The molecule has 0 aliphatic carbocycles. The summed E-state index contributed by atoms with van der Waals surface area (Å²) in [6, 6.07) is 1.98. The van der Waals surface area contributed by atoms with E-state index < -0.39 is 24.5 Å². The highest BCUT2D eigenvalue weighted by Gasteiger charge is 2.20. The standard InChI is InChI=1S/C13H13Cl3N2O4/c1-6(2)17-13(21)18-9(19)5-22-12(20)10-7(14)3-4-8(15)11(10)16/h3-4,6H,5H2,1-2H3,(H2,17,18,19,21). The number of amides is 3.